The number of aromatic hydroxyl groups is 4. The van der Waals surface area contributed by atoms with Gasteiger partial charge in [-0.3, -0.25) is 39.4 Å². The molecule has 2 unspecified atom stereocenters. The summed E-state index contributed by atoms with van der Waals surface area (Å²) in [6.07, 6.45) is 0.0600. The largest absolute Gasteiger partial charge is 0.504 e. The van der Waals surface area contributed by atoms with Crippen LogP contribution in [-0.4, -0.2) is 215 Å². The summed E-state index contributed by atoms with van der Waals surface area (Å²) in [7, 11) is 7.67. The number of benzene rings is 6. The molecule has 2 amide bonds. The van der Waals surface area contributed by atoms with Crippen LogP contribution in [0.1, 0.15) is 194 Å². The van der Waals surface area contributed by atoms with Crippen molar-refractivity contribution in [2.24, 2.45) is 0 Å². The summed E-state index contributed by atoms with van der Waals surface area (Å²) in [5, 5.41) is 71.1. The van der Waals surface area contributed by atoms with E-state index in [9.17, 15) is 54.9 Å². The van der Waals surface area contributed by atoms with Crippen molar-refractivity contribution in [1.82, 2.24) is 29.8 Å². The Bertz CT molecular complexity index is 5600. The lowest BCUT2D eigenvalue weighted by atomic mass is 9.71. The Balaban J connectivity index is 0.000000190. The van der Waals surface area contributed by atoms with E-state index in [1.807, 2.05) is 47.7 Å². The second-order valence-corrected chi connectivity index (χ2v) is 37.3. The van der Waals surface area contributed by atoms with Crippen LogP contribution in [0, 0.1) is 50.4 Å². The fourth-order valence-corrected chi connectivity index (χ4v) is 24.8. The number of nitriles is 2. The first-order valence-corrected chi connectivity index (χ1v) is 42.9. The molecule has 14 atom stereocenters. The van der Waals surface area contributed by atoms with Crippen molar-refractivity contribution in [3.8, 4) is 92.6 Å². The number of hydrogen-bond acceptors (Lipinski definition) is 32. The maximum Gasteiger partial charge on any atom is 0.411 e. The second kappa shape index (κ2) is 32.4. The molecular weight excluding hydrogens is 1650 g/mol. The number of nitrogens with one attached hydrogen (secondary N) is 1. The van der Waals surface area contributed by atoms with Crippen molar-refractivity contribution < 1.29 is 116 Å². The number of aryl methyl sites for hydroxylation is 2. The molecule has 6 aromatic carbocycles. The molecule has 14 aliphatic heterocycles. The van der Waals surface area contributed by atoms with E-state index in [-0.39, 0.29) is 123 Å². The Morgan fingerprint density at radius 3 is 1.38 bits per heavy atom. The van der Waals surface area contributed by atoms with Gasteiger partial charge in [0.05, 0.1) is 99.4 Å². The molecule has 0 aromatic heterocycles. The number of ether oxygens (including phenoxy) is 14. The third-order valence-electron chi connectivity index (χ3n) is 26.0. The highest BCUT2D eigenvalue weighted by atomic mass is 32.2. The Morgan fingerprint density at radius 2 is 0.960 bits per heavy atom. The van der Waals surface area contributed by atoms with Crippen LogP contribution in [0.5, 0.6) is 80.5 Å². The summed E-state index contributed by atoms with van der Waals surface area (Å²) < 4.78 is 84.9. The number of piperazine rings is 2. The number of fused-ring (bicyclic) bond motifs is 18. The van der Waals surface area contributed by atoms with E-state index >= 15 is 4.79 Å². The molecule has 34 heteroatoms. The summed E-state index contributed by atoms with van der Waals surface area (Å²) >= 11 is 2.73. The van der Waals surface area contributed by atoms with E-state index in [1.165, 1.54) is 65.8 Å². The zero-order valence-electron chi connectivity index (χ0n) is 71.3. The van der Waals surface area contributed by atoms with Gasteiger partial charge < -0.3 is 86.7 Å². The Kier molecular flexibility index (Phi) is 23.0. The topological polar surface area (TPSA) is 388 Å². The van der Waals surface area contributed by atoms with Crippen molar-refractivity contribution in [1.29, 1.82) is 10.5 Å². The molecule has 32 nitrogen and oxygen atoms in total. The van der Waals surface area contributed by atoms with E-state index in [1.54, 1.807) is 89.5 Å². The maximum absolute atomic E-state index is 15.1. The fraction of sp³-hybridized carbons (Fsp3) is 0.516. The lowest BCUT2D eigenvalue weighted by Gasteiger charge is -2.62. The minimum Gasteiger partial charge on any atom is -0.504 e. The number of amides is 2. The van der Waals surface area contributed by atoms with Crippen LogP contribution in [0.3, 0.4) is 0 Å². The molecule has 0 radical (unpaired) electrons. The molecule has 0 aliphatic carbocycles. The average molecular weight is 1760 g/mol. The van der Waals surface area contributed by atoms with Crippen molar-refractivity contribution in [3.05, 3.63) is 125 Å². The summed E-state index contributed by atoms with van der Waals surface area (Å²) in [5.74, 6) is 0.120. The van der Waals surface area contributed by atoms with Gasteiger partial charge in [-0.2, -0.15) is 10.5 Å². The number of phenols is 4. The van der Waals surface area contributed by atoms with Gasteiger partial charge in [-0.25, -0.2) is 19.2 Å². The number of nitrogens with zero attached hydrogens (tertiary/aromatic N) is 7. The lowest BCUT2D eigenvalue weighted by Crippen LogP contribution is -2.71. The van der Waals surface area contributed by atoms with Gasteiger partial charge in [-0.1, -0.05) is 27.0 Å². The minimum atomic E-state index is -1.47. The van der Waals surface area contributed by atoms with Crippen molar-refractivity contribution in [2.75, 3.05) is 86.9 Å². The van der Waals surface area contributed by atoms with Crippen LogP contribution in [0.4, 0.5) is 9.59 Å². The first-order chi connectivity index (χ1) is 58.5. The number of methoxy groups -OCH3 is 4. The van der Waals surface area contributed by atoms with Crippen LogP contribution in [0.15, 0.2) is 36.4 Å². The molecule has 666 valence electrons. The predicted molar refractivity (Wildman–Crippen MR) is 455 cm³/mol. The highest BCUT2D eigenvalue weighted by Gasteiger charge is 2.67. The second-order valence-electron chi connectivity index (χ2n) is 35.1. The van der Waals surface area contributed by atoms with Crippen LogP contribution >= 0.6 is 23.5 Å². The van der Waals surface area contributed by atoms with Gasteiger partial charge in [0.25, 0.3) is 0 Å². The molecule has 14 heterocycles. The number of carbonyl (C=O) groups excluding carboxylic acids is 6. The van der Waals surface area contributed by atoms with Gasteiger partial charge in [-0.05, 0) is 171 Å². The van der Waals surface area contributed by atoms with Crippen LogP contribution < -0.4 is 52.7 Å². The number of esters is 4. The minimum absolute atomic E-state index is 0. The molecular formula is C91H106N8O24S2. The molecule has 6 aromatic rings. The Labute approximate surface area is 733 Å². The molecule has 5 N–H and O–H groups in total. The molecule has 14 aliphatic rings. The molecule has 2 spiro atoms. The summed E-state index contributed by atoms with van der Waals surface area (Å²) in [6.45, 7) is 20.4. The van der Waals surface area contributed by atoms with Crippen molar-refractivity contribution in [2.45, 2.75) is 217 Å². The van der Waals surface area contributed by atoms with Crippen molar-refractivity contribution in [3.63, 3.8) is 0 Å². The van der Waals surface area contributed by atoms with Crippen LogP contribution in [0.2, 0.25) is 0 Å². The third kappa shape index (κ3) is 13.6. The Morgan fingerprint density at radius 1 is 0.536 bits per heavy atom. The van der Waals surface area contributed by atoms with E-state index in [0.717, 1.165) is 22.3 Å². The highest BCUT2D eigenvalue weighted by molar-refractivity contribution is 7.99. The summed E-state index contributed by atoms with van der Waals surface area (Å²) in [6, 6.07) is 6.36. The SMILES string of the molecule is C.C.COc1cc2c(cc1O)CCN(C)[C@]21CS[C@@H]2c3c(OC(C)=O)c(C)c4c(c3[C@H](COC1=O)N1C2[C@H]2c3c(cc(C)c(OC)c3O)C[C@@H]([C@@H]1C#N)N2C(=O)OC(C)(C)C)OCO4.COc1cc2c(cc1O)CCN[C@]21CS[C@@H]2c3c(OC(C)=O)c(C)c4c(c3[C@H](COC1=O)N1C2[C@H]2c3c(cc(C)c(OC)c3O)C[C@@H]([C@@H]1C#N)N2C(=O)OC(C)(C)C)OCO4. The number of phenolic OH excluding ortho intramolecular Hbond substituents is 4. The average Bonchev–Trinajstić information content (AvgIpc) is 1.38. The van der Waals surface area contributed by atoms with Gasteiger partial charge in [0.2, 0.25) is 13.6 Å². The number of thioether (sulfide) groups is 2. The van der Waals surface area contributed by atoms with E-state index in [0.29, 0.717) is 116 Å². The Hall–Kier alpha value is -11.1. The molecule has 125 heavy (non-hydrogen) atoms. The molecule has 4 saturated heterocycles. The summed E-state index contributed by atoms with van der Waals surface area (Å²) in [5.41, 5.74) is 4.77. The van der Waals surface area contributed by atoms with Gasteiger partial charge in [0.15, 0.2) is 80.1 Å². The fourth-order valence-electron chi connectivity index (χ4n) is 21.3. The van der Waals surface area contributed by atoms with Gasteiger partial charge in [0.1, 0.15) is 48.0 Å². The van der Waals surface area contributed by atoms with E-state index in [4.69, 9.17) is 66.3 Å². The predicted octanol–water partition coefficient (Wildman–Crippen LogP) is 12.2. The smallest absolute Gasteiger partial charge is 0.411 e. The molecule has 0 saturated carbocycles. The monoisotopic (exact) mass is 1760 g/mol. The van der Waals surface area contributed by atoms with Crippen LogP contribution in [0.25, 0.3) is 0 Å². The highest BCUT2D eigenvalue weighted by Crippen LogP contribution is 2.69. The number of rotatable bonds is 6. The standard InChI is InChI=1S/C45H50N4O12S.C44H48N4O12S.2CH4/c1-20-12-24-13-26-27(16-46)48-28-17-57-42(53)45(25-15-30(55-8)29(51)14-23(25)10-11-47(45)7)18-62-41(33-32(28)40-39(58-19-59-40)21(2)38(33)60-22(3)50)35(48)34(31(24)36(52)37(20)56-9)49(26)43(54)61-44(4,5)6;1-19-11-23-12-25-26(15-45)47-27-16-56-41(52)44(24-14-29(54-7)28(50)13-22(24)9-10-46-44)17-61-40(32-31(27)39-38(57-18-58-39)20(2)37(32)59-21(3)49)34(47)33(30(23)35(51)36(19)55-8)48(25)42(53)60-43(4,5)6;;/h12,14-15,26-28,34-35,41,51-52H,10-11,13,17-19H2,1-9H3;11,13-14,25-27,33-34,40,46,50-51H,9-10,12,16-18H2,1-8H3;2*1H4/t26-,27-,28-,34+,35?,41+,45+;25-,26-,27-,33+,34?,40+,44+;;/m00../s1. The van der Waals surface area contributed by atoms with E-state index in [2.05, 4.69) is 17.5 Å². The van der Waals surface area contributed by atoms with Crippen molar-refractivity contribution >= 4 is 59.6 Å². The zero-order valence-corrected chi connectivity index (χ0v) is 72.9. The van der Waals surface area contributed by atoms with Gasteiger partial charge in [-0.15, -0.1) is 23.5 Å². The number of carbonyl (C=O) groups is 6. The van der Waals surface area contributed by atoms with Crippen LogP contribution in [-0.2, 0) is 74.9 Å². The number of likely N-dealkylation sites (N-methyl/N-ethyl adjacent to an activating group) is 1. The molecule has 20 rings (SSSR count). The first kappa shape index (κ1) is 88.7. The summed E-state index contributed by atoms with van der Waals surface area (Å²) in [4.78, 5) is 95.1. The van der Waals surface area contributed by atoms with Gasteiger partial charge in [0, 0.05) is 83.0 Å². The quantitative estimate of drug-likeness (QED) is 0.0587. The first-order valence-electron chi connectivity index (χ1n) is 40.8. The molecule has 8 bridgehead atoms. The maximum atomic E-state index is 15.1. The normalized spacial score (nSPS) is 26.7. The number of hydrogen-bond donors (Lipinski definition) is 5. The van der Waals surface area contributed by atoms with E-state index < -0.39 is 129 Å². The third-order valence-corrected chi connectivity index (χ3v) is 28.9. The zero-order chi connectivity index (χ0) is 87.8. The lowest BCUT2D eigenvalue weighted by molar-refractivity contribution is -0.163. The molecule has 4 fully saturated rings. The van der Waals surface area contributed by atoms with Gasteiger partial charge >= 0.3 is 36.1 Å².